The zero-order valence-corrected chi connectivity index (χ0v) is 14.0. The Bertz CT molecular complexity index is 972. The van der Waals surface area contributed by atoms with Crippen LogP contribution in [-0.2, 0) is 6.54 Å². The molecule has 2 aromatic carbocycles. The molecule has 0 bridgehead atoms. The molecule has 1 N–H and O–H groups in total. The van der Waals surface area contributed by atoms with Gasteiger partial charge in [-0.25, -0.2) is 4.39 Å². The molecular weight excluding hydrogens is 363 g/mol. The van der Waals surface area contributed by atoms with Crippen molar-refractivity contribution >= 4 is 29.0 Å². The van der Waals surface area contributed by atoms with Crippen LogP contribution in [0.15, 0.2) is 54.7 Å². The van der Waals surface area contributed by atoms with Crippen molar-refractivity contribution < 1.29 is 14.1 Å². The fraction of sp³-hybridized carbons (Fsp3) is 0.0588. The monoisotopic (exact) mass is 374 g/mol. The summed E-state index contributed by atoms with van der Waals surface area (Å²) >= 11 is 6.08. The Morgan fingerprint density at radius 1 is 1.27 bits per heavy atom. The number of non-ortho nitro benzene ring substituents is 1. The Morgan fingerprint density at radius 2 is 2.00 bits per heavy atom. The normalized spacial score (nSPS) is 10.5. The molecule has 0 saturated carbocycles. The Morgan fingerprint density at radius 3 is 2.65 bits per heavy atom. The highest BCUT2D eigenvalue weighted by molar-refractivity contribution is 6.33. The summed E-state index contributed by atoms with van der Waals surface area (Å²) in [7, 11) is 0. The van der Waals surface area contributed by atoms with Crippen LogP contribution in [0.5, 0.6) is 0 Å². The van der Waals surface area contributed by atoms with E-state index in [0.717, 1.165) is 0 Å². The quantitative estimate of drug-likeness (QED) is 0.542. The first kappa shape index (κ1) is 17.6. The van der Waals surface area contributed by atoms with Crippen LogP contribution in [0, 0.1) is 15.9 Å². The second kappa shape index (κ2) is 7.32. The lowest BCUT2D eigenvalue weighted by Gasteiger charge is -2.03. The van der Waals surface area contributed by atoms with Crippen LogP contribution in [-0.4, -0.2) is 20.6 Å². The fourth-order valence-corrected chi connectivity index (χ4v) is 2.50. The average Bonchev–Trinajstić information content (AvgIpc) is 2.94. The Hall–Kier alpha value is -3.26. The number of anilines is 1. The fourth-order valence-electron chi connectivity index (χ4n) is 2.30. The van der Waals surface area contributed by atoms with Crippen molar-refractivity contribution in [3.8, 4) is 0 Å². The third-order valence-corrected chi connectivity index (χ3v) is 3.80. The van der Waals surface area contributed by atoms with E-state index < -0.39 is 10.8 Å². The maximum Gasteiger partial charge on any atom is 0.269 e. The third kappa shape index (κ3) is 4.04. The minimum atomic E-state index is -0.549. The maximum atomic E-state index is 13.2. The van der Waals surface area contributed by atoms with Crippen molar-refractivity contribution in [2.24, 2.45) is 0 Å². The van der Waals surface area contributed by atoms with E-state index in [0.29, 0.717) is 5.56 Å². The lowest BCUT2D eigenvalue weighted by Crippen LogP contribution is -2.13. The number of nitrogens with zero attached hydrogens (tertiary/aromatic N) is 3. The number of benzene rings is 2. The molecule has 0 radical (unpaired) electrons. The molecule has 9 heteroatoms. The van der Waals surface area contributed by atoms with E-state index in [9.17, 15) is 19.3 Å². The molecule has 132 valence electrons. The van der Waals surface area contributed by atoms with Crippen LogP contribution >= 0.6 is 11.6 Å². The number of nitrogens with one attached hydrogen (secondary N) is 1. The van der Waals surface area contributed by atoms with E-state index in [1.807, 2.05) is 0 Å². The maximum absolute atomic E-state index is 13.2. The zero-order chi connectivity index (χ0) is 18.7. The van der Waals surface area contributed by atoms with Crippen molar-refractivity contribution in [3.05, 3.63) is 86.8 Å². The molecular formula is C17H12ClFN4O3. The number of halogens is 2. The van der Waals surface area contributed by atoms with E-state index in [1.165, 1.54) is 47.3 Å². The summed E-state index contributed by atoms with van der Waals surface area (Å²) in [4.78, 5) is 22.3. The smallest absolute Gasteiger partial charge is 0.269 e. The van der Waals surface area contributed by atoms with Gasteiger partial charge in [0.2, 0.25) is 0 Å². The number of carbonyl (C=O) groups excluding carboxylic acids is 1. The van der Waals surface area contributed by atoms with Crippen molar-refractivity contribution in [1.82, 2.24) is 9.78 Å². The number of amides is 1. The van der Waals surface area contributed by atoms with Gasteiger partial charge in [0, 0.05) is 23.9 Å². The van der Waals surface area contributed by atoms with Gasteiger partial charge in [0.05, 0.1) is 11.5 Å². The van der Waals surface area contributed by atoms with Gasteiger partial charge < -0.3 is 5.32 Å². The predicted molar refractivity (Wildman–Crippen MR) is 93.8 cm³/mol. The summed E-state index contributed by atoms with van der Waals surface area (Å²) in [5.41, 5.74) is 0.808. The summed E-state index contributed by atoms with van der Waals surface area (Å²) in [6, 6.07) is 11.2. The van der Waals surface area contributed by atoms with Crippen LogP contribution in [0.1, 0.15) is 15.9 Å². The van der Waals surface area contributed by atoms with E-state index in [-0.39, 0.29) is 34.5 Å². The Labute approximate surface area is 152 Å². The van der Waals surface area contributed by atoms with E-state index in [4.69, 9.17) is 11.6 Å². The second-order valence-corrected chi connectivity index (χ2v) is 5.82. The summed E-state index contributed by atoms with van der Waals surface area (Å²) < 4.78 is 14.7. The number of rotatable bonds is 5. The number of nitro benzene ring substituents is 1. The van der Waals surface area contributed by atoms with Crippen molar-refractivity contribution in [2.45, 2.75) is 6.54 Å². The lowest BCUT2D eigenvalue weighted by molar-refractivity contribution is -0.384. The summed E-state index contributed by atoms with van der Waals surface area (Å²) in [5.74, 6) is -0.711. The number of carbonyl (C=O) groups is 1. The molecule has 3 aromatic rings. The summed E-state index contributed by atoms with van der Waals surface area (Å²) in [5, 5.41) is 17.6. The van der Waals surface area contributed by atoms with Crippen LogP contribution < -0.4 is 5.32 Å². The Kier molecular flexibility index (Phi) is 4.94. The van der Waals surface area contributed by atoms with Gasteiger partial charge in [0.15, 0.2) is 5.82 Å². The van der Waals surface area contributed by atoms with Gasteiger partial charge in [-0.2, -0.15) is 5.10 Å². The van der Waals surface area contributed by atoms with Gasteiger partial charge in [0.1, 0.15) is 10.8 Å². The molecule has 0 saturated heterocycles. The molecule has 26 heavy (non-hydrogen) atoms. The zero-order valence-electron chi connectivity index (χ0n) is 13.2. The molecule has 0 aliphatic carbocycles. The Balaban J connectivity index is 1.72. The molecule has 3 rings (SSSR count). The first-order chi connectivity index (χ1) is 12.4. The van der Waals surface area contributed by atoms with E-state index in [2.05, 4.69) is 10.4 Å². The lowest BCUT2D eigenvalue weighted by atomic mass is 10.2. The number of aromatic nitrogens is 2. The van der Waals surface area contributed by atoms with Crippen molar-refractivity contribution in [2.75, 3.05) is 5.32 Å². The average molecular weight is 375 g/mol. The van der Waals surface area contributed by atoms with Gasteiger partial charge >= 0.3 is 0 Å². The van der Waals surface area contributed by atoms with Gasteiger partial charge in [-0.05, 0) is 29.8 Å². The van der Waals surface area contributed by atoms with Crippen LogP contribution in [0.2, 0.25) is 5.02 Å². The van der Waals surface area contributed by atoms with E-state index in [1.54, 1.807) is 12.1 Å². The predicted octanol–water partition coefficient (Wildman–Crippen LogP) is 3.88. The third-order valence-electron chi connectivity index (χ3n) is 3.52. The van der Waals surface area contributed by atoms with Gasteiger partial charge in [-0.15, -0.1) is 0 Å². The van der Waals surface area contributed by atoms with E-state index >= 15 is 0 Å². The number of hydrogen-bond donors (Lipinski definition) is 1. The molecule has 0 atom stereocenters. The molecule has 1 aromatic heterocycles. The summed E-state index contributed by atoms with van der Waals surface area (Å²) in [6.45, 7) is 0.283. The van der Waals surface area contributed by atoms with Crippen LogP contribution in [0.25, 0.3) is 0 Å². The first-order valence-corrected chi connectivity index (χ1v) is 7.83. The van der Waals surface area contributed by atoms with Crippen LogP contribution in [0.3, 0.4) is 0 Å². The molecule has 0 aliphatic rings. The highest BCUT2D eigenvalue weighted by Gasteiger charge is 2.14. The van der Waals surface area contributed by atoms with Crippen molar-refractivity contribution in [3.63, 3.8) is 0 Å². The highest BCUT2D eigenvalue weighted by atomic mass is 35.5. The van der Waals surface area contributed by atoms with Gasteiger partial charge in [-0.1, -0.05) is 23.7 Å². The first-order valence-electron chi connectivity index (χ1n) is 7.45. The van der Waals surface area contributed by atoms with Gasteiger partial charge in [-0.3, -0.25) is 19.6 Å². The minimum absolute atomic E-state index is 0.112. The second-order valence-electron chi connectivity index (χ2n) is 5.41. The molecule has 1 amide bonds. The van der Waals surface area contributed by atoms with Gasteiger partial charge in [0.25, 0.3) is 11.6 Å². The van der Waals surface area contributed by atoms with Crippen molar-refractivity contribution in [1.29, 1.82) is 0 Å². The molecule has 0 fully saturated rings. The standard InChI is InChI=1S/C17H12ClFN4O3/c18-15-10-22(9-11-2-1-3-13(19)8-11)21-16(15)20-17(24)12-4-6-14(7-5-12)23(25)26/h1-8,10H,9H2,(H,20,21,24). The molecule has 7 nitrogen and oxygen atoms in total. The molecule has 0 unspecified atom stereocenters. The molecule has 0 spiro atoms. The largest absolute Gasteiger partial charge is 0.304 e. The molecule has 1 heterocycles. The SMILES string of the molecule is O=C(Nc1nn(Cc2cccc(F)c2)cc1Cl)c1ccc([N+](=O)[O-])cc1. The minimum Gasteiger partial charge on any atom is -0.304 e. The van der Waals surface area contributed by atoms with Crippen LogP contribution in [0.4, 0.5) is 15.9 Å². The topological polar surface area (TPSA) is 90.1 Å². The number of hydrogen-bond acceptors (Lipinski definition) is 4. The summed E-state index contributed by atoms with van der Waals surface area (Å²) in [6.07, 6.45) is 1.51. The molecule has 0 aliphatic heterocycles. The highest BCUT2D eigenvalue weighted by Crippen LogP contribution is 2.21. The number of nitro groups is 1.